The molecule has 0 bridgehead atoms. The first kappa shape index (κ1) is 17.4. The van der Waals surface area contributed by atoms with Crippen molar-refractivity contribution in [2.24, 2.45) is 0 Å². The van der Waals surface area contributed by atoms with Crippen molar-refractivity contribution >= 4 is 11.7 Å². The fraction of sp³-hybridized carbons (Fsp3) is 0.400. The van der Waals surface area contributed by atoms with Crippen LogP contribution in [0.5, 0.6) is 0 Å². The van der Waals surface area contributed by atoms with Crippen LogP contribution in [0.2, 0.25) is 0 Å². The predicted octanol–water partition coefficient (Wildman–Crippen LogP) is 3.89. The minimum atomic E-state index is -0.204. The van der Waals surface area contributed by atoms with Crippen LogP contribution in [-0.2, 0) is 6.42 Å². The number of likely N-dealkylation sites (tertiary alicyclic amines) is 1. The molecule has 25 heavy (non-hydrogen) atoms. The Hall–Kier alpha value is -2.43. The predicted molar refractivity (Wildman–Crippen MR) is 97.2 cm³/mol. The van der Waals surface area contributed by atoms with E-state index < -0.39 is 0 Å². The summed E-state index contributed by atoms with van der Waals surface area (Å²) in [5, 5.41) is 3.27. The molecule has 0 saturated carbocycles. The Kier molecular flexibility index (Phi) is 5.99. The van der Waals surface area contributed by atoms with Gasteiger partial charge in [0.2, 0.25) is 0 Å². The van der Waals surface area contributed by atoms with Crippen LogP contribution < -0.4 is 5.32 Å². The molecule has 0 unspecified atom stereocenters. The summed E-state index contributed by atoms with van der Waals surface area (Å²) in [5.74, 6) is 0.488. The van der Waals surface area contributed by atoms with Crippen molar-refractivity contribution in [3.05, 3.63) is 59.5 Å². The summed E-state index contributed by atoms with van der Waals surface area (Å²) in [4.78, 5) is 19.0. The van der Waals surface area contributed by atoms with Crippen LogP contribution in [0.1, 0.15) is 41.6 Å². The van der Waals surface area contributed by atoms with Crippen LogP contribution in [0, 0.1) is 5.82 Å². The number of halogens is 1. The van der Waals surface area contributed by atoms with Crippen LogP contribution in [0.3, 0.4) is 0 Å². The monoisotopic (exact) mass is 341 g/mol. The lowest BCUT2D eigenvalue weighted by Gasteiger charge is -2.27. The smallest absolute Gasteiger partial charge is 0.257 e. The van der Waals surface area contributed by atoms with Crippen molar-refractivity contribution in [2.45, 2.75) is 32.1 Å². The van der Waals surface area contributed by atoms with E-state index in [-0.39, 0.29) is 11.7 Å². The molecule has 3 rings (SSSR count). The third-order valence-electron chi connectivity index (χ3n) is 4.51. The Labute approximate surface area is 148 Å². The van der Waals surface area contributed by atoms with E-state index in [1.807, 2.05) is 17.0 Å². The molecule has 0 radical (unpaired) electrons. The topological polar surface area (TPSA) is 45.2 Å². The summed E-state index contributed by atoms with van der Waals surface area (Å²) in [6, 6.07) is 10.3. The lowest BCUT2D eigenvalue weighted by Crippen LogP contribution is -2.36. The second kappa shape index (κ2) is 8.60. The molecular formula is C20H24FN3O. The maximum atomic E-state index is 13.2. The van der Waals surface area contributed by atoms with Gasteiger partial charge in [0.15, 0.2) is 0 Å². The summed E-state index contributed by atoms with van der Waals surface area (Å²) in [6.45, 7) is 2.34. The van der Waals surface area contributed by atoms with Crippen molar-refractivity contribution < 1.29 is 9.18 Å². The summed E-state index contributed by atoms with van der Waals surface area (Å²) in [5.41, 5.74) is 1.61. The van der Waals surface area contributed by atoms with E-state index in [0.717, 1.165) is 44.3 Å². The zero-order valence-corrected chi connectivity index (χ0v) is 14.4. The molecule has 0 atom stereocenters. The van der Waals surface area contributed by atoms with Gasteiger partial charge in [0.1, 0.15) is 11.6 Å². The first-order valence-electron chi connectivity index (χ1n) is 8.96. The molecule has 1 aliphatic rings. The molecule has 2 heterocycles. The van der Waals surface area contributed by atoms with Crippen molar-refractivity contribution in [1.29, 1.82) is 0 Å². The van der Waals surface area contributed by atoms with Crippen molar-refractivity contribution in [3.8, 4) is 0 Å². The largest absolute Gasteiger partial charge is 0.369 e. The normalized spacial score (nSPS) is 14.4. The maximum absolute atomic E-state index is 13.2. The molecule has 1 fully saturated rings. The van der Waals surface area contributed by atoms with Gasteiger partial charge in [0, 0.05) is 25.8 Å². The SMILES string of the molecule is O=C(c1cccnc1NCCCc1cccc(F)c1)N1CCCCC1. The highest BCUT2D eigenvalue weighted by atomic mass is 19.1. The number of pyridine rings is 1. The summed E-state index contributed by atoms with van der Waals surface area (Å²) in [6.07, 6.45) is 6.67. The summed E-state index contributed by atoms with van der Waals surface area (Å²) >= 11 is 0. The highest BCUT2D eigenvalue weighted by Crippen LogP contribution is 2.18. The number of hydrogen-bond acceptors (Lipinski definition) is 3. The fourth-order valence-corrected chi connectivity index (χ4v) is 3.18. The summed E-state index contributed by atoms with van der Waals surface area (Å²) in [7, 11) is 0. The molecule has 1 amide bonds. The number of carbonyl (C=O) groups excluding carboxylic acids is 1. The van der Waals surface area contributed by atoms with E-state index in [0.29, 0.717) is 17.9 Å². The van der Waals surface area contributed by atoms with Crippen molar-refractivity contribution in [3.63, 3.8) is 0 Å². The van der Waals surface area contributed by atoms with E-state index in [1.54, 1.807) is 24.4 Å². The lowest BCUT2D eigenvalue weighted by atomic mass is 10.1. The number of rotatable bonds is 6. The van der Waals surface area contributed by atoms with Gasteiger partial charge in [-0.05, 0) is 61.9 Å². The quantitative estimate of drug-likeness (QED) is 0.811. The molecule has 4 nitrogen and oxygen atoms in total. The number of nitrogens with one attached hydrogen (secondary N) is 1. The second-order valence-corrected chi connectivity index (χ2v) is 6.41. The Morgan fingerprint density at radius 1 is 1.16 bits per heavy atom. The zero-order valence-electron chi connectivity index (χ0n) is 14.4. The molecule has 1 aromatic carbocycles. The number of anilines is 1. The number of piperidine rings is 1. The first-order valence-corrected chi connectivity index (χ1v) is 8.96. The van der Waals surface area contributed by atoms with Gasteiger partial charge in [-0.2, -0.15) is 0 Å². The second-order valence-electron chi connectivity index (χ2n) is 6.41. The van der Waals surface area contributed by atoms with Crippen LogP contribution in [0.4, 0.5) is 10.2 Å². The Bertz CT molecular complexity index is 714. The number of benzene rings is 1. The van der Waals surface area contributed by atoms with Gasteiger partial charge in [-0.15, -0.1) is 0 Å². The maximum Gasteiger partial charge on any atom is 0.257 e. The number of amides is 1. The van der Waals surface area contributed by atoms with Crippen molar-refractivity contribution in [1.82, 2.24) is 9.88 Å². The van der Waals surface area contributed by atoms with Crippen LogP contribution in [0.15, 0.2) is 42.6 Å². The van der Waals surface area contributed by atoms with Gasteiger partial charge in [-0.1, -0.05) is 12.1 Å². The fourth-order valence-electron chi connectivity index (χ4n) is 3.18. The Morgan fingerprint density at radius 2 is 2.00 bits per heavy atom. The standard InChI is InChI=1S/C20H24FN3O/c21-17-9-4-7-16(15-17)8-5-11-22-19-18(10-6-12-23-19)20(25)24-13-2-1-3-14-24/h4,6-7,9-10,12,15H,1-3,5,8,11,13-14H2,(H,22,23). The third-order valence-corrected chi connectivity index (χ3v) is 4.51. The van der Waals surface area contributed by atoms with Crippen LogP contribution in [0.25, 0.3) is 0 Å². The average molecular weight is 341 g/mol. The molecule has 1 aromatic heterocycles. The third kappa shape index (κ3) is 4.78. The van der Waals surface area contributed by atoms with Crippen LogP contribution >= 0.6 is 0 Å². The van der Waals surface area contributed by atoms with E-state index in [1.165, 1.54) is 12.5 Å². The number of carbonyl (C=O) groups is 1. The van der Waals surface area contributed by atoms with E-state index in [2.05, 4.69) is 10.3 Å². The molecule has 1 N–H and O–H groups in total. The highest BCUT2D eigenvalue weighted by Gasteiger charge is 2.20. The van der Waals surface area contributed by atoms with Crippen molar-refractivity contribution in [2.75, 3.05) is 25.0 Å². The van der Waals surface area contributed by atoms with Gasteiger partial charge >= 0.3 is 0 Å². The zero-order chi connectivity index (χ0) is 17.5. The van der Waals surface area contributed by atoms with E-state index in [9.17, 15) is 9.18 Å². The number of aryl methyl sites for hydroxylation is 1. The van der Waals surface area contributed by atoms with Gasteiger partial charge in [-0.3, -0.25) is 4.79 Å². The van der Waals surface area contributed by atoms with Crippen LogP contribution in [-0.4, -0.2) is 35.4 Å². The van der Waals surface area contributed by atoms with Gasteiger partial charge in [-0.25, -0.2) is 9.37 Å². The summed E-state index contributed by atoms with van der Waals surface area (Å²) < 4.78 is 13.2. The molecule has 0 aliphatic carbocycles. The highest BCUT2D eigenvalue weighted by molar-refractivity contribution is 5.98. The number of nitrogens with zero attached hydrogens (tertiary/aromatic N) is 2. The molecule has 5 heteroatoms. The average Bonchev–Trinajstić information content (AvgIpc) is 2.66. The Morgan fingerprint density at radius 3 is 2.80 bits per heavy atom. The molecular weight excluding hydrogens is 317 g/mol. The molecule has 1 aliphatic heterocycles. The Balaban J connectivity index is 1.56. The van der Waals surface area contributed by atoms with E-state index >= 15 is 0 Å². The first-order chi connectivity index (χ1) is 12.2. The molecule has 1 saturated heterocycles. The minimum absolute atomic E-state index is 0.0560. The minimum Gasteiger partial charge on any atom is -0.369 e. The van der Waals surface area contributed by atoms with Gasteiger partial charge in [0.05, 0.1) is 5.56 Å². The lowest BCUT2D eigenvalue weighted by molar-refractivity contribution is 0.0725. The van der Waals surface area contributed by atoms with E-state index in [4.69, 9.17) is 0 Å². The molecule has 2 aromatic rings. The van der Waals surface area contributed by atoms with Gasteiger partial charge in [0.25, 0.3) is 5.91 Å². The number of aromatic nitrogens is 1. The molecule has 132 valence electrons. The molecule has 0 spiro atoms. The van der Waals surface area contributed by atoms with Gasteiger partial charge < -0.3 is 10.2 Å². The number of hydrogen-bond donors (Lipinski definition) is 1.